The third-order valence-electron chi connectivity index (χ3n) is 8.95. The number of aliphatic hydroxyl groups is 2. The lowest BCUT2D eigenvalue weighted by Gasteiger charge is -2.42. The van der Waals surface area contributed by atoms with Crippen molar-refractivity contribution in [2.24, 2.45) is 5.92 Å². The number of esters is 1. The van der Waals surface area contributed by atoms with E-state index in [1.54, 1.807) is 24.3 Å². The smallest absolute Gasteiger partial charge is 0.303 e. The van der Waals surface area contributed by atoms with Gasteiger partial charge in [0.25, 0.3) is 5.91 Å². The molecule has 0 radical (unpaired) electrons. The van der Waals surface area contributed by atoms with Crippen LogP contribution in [0.1, 0.15) is 67.1 Å². The standard InChI is InChI=1S/C40H46N2O8/c1-25-37(23-42(4)22-36(46)33-11-7-13-35(45)20-33)49-40(50-38(25)30-16-14-28(24-43)15-17-30)34-12-6-10-32(19-34)31-9-5-8-29(18-31)21-41-39(47)26(2)48-27(3)44/h5-20,25-26,36-38,40,43,45-46H,21-24H2,1-4H3,(H,41,47)/t25-,26+,36-,37+,38+,40+/m1/s1. The molecule has 4 aromatic rings. The van der Waals surface area contributed by atoms with Crippen molar-refractivity contribution in [3.8, 4) is 16.9 Å². The van der Waals surface area contributed by atoms with Crippen molar-refractivity contribution in [1.29, 1.82) is 0 Å². The molecule has 1 aliphatic heterocycles. The fourth-order valence-corrected chi connectivity index (χ4v) is 6.20. The topological polar surface area (TPSA) is 138 Å². The minimum Gasteiger partial charge on any atom is -0.508 e. The highest BCUT2D eigenvalue weighted by atomic mass is 16.7. The fraction of sp³-hybridized carbons (Fsp3) is 0.350. The Bertz CT molecular complexity index is 1750. The molecule has 1 fully saturated rings. The van der Waals surface area contributed by atoms with Crippen LogP contribution in [0.25, 0.3) is 11.1 Å². The third-order valence-corrected chi connectivity index (χ3v) is 8.95. The zero-order valence-electron chi connectivity index (χ0n) is 28.9. The van der Waals surface area contributed by atoms with Crippen molar-refractivity contribution >= 4 is 11.9 Å². The maximum Gasteiger partial charge on any atom is 0.303 e. The summed E-state index contributed by atoms with van der Waals surface area (Å²) in [6, 6.07) is 30.2. The Labute approximate surface area is 293 Å². The van der Waals surface area contributed by atoms with Crippen LogP contribution >= 0.6 is 0 Å². The molecule has 264 valence electrons. The molecule has 10 heteroatoms. The summed E-state index contributed by atoms with van der Waals surface area (Å²) < 4.78 is 18.3. The number of phenolic OH excluding ortho intramolecular Hbond substituents is 1. The molecule has 50 heavy (non-hydrogen) atoms. The lowest BCUT2D eigenvalue weighted by molar-refractivity contribution is -0.276. The zero-order valence-corrected chi connectivity index (χ0v) is 28.9. The van der Waals surface area contributed by atoms with Gasteiger partial charge in [-0.2, -0.15) is 0 Å². The molecule has 10 nitrogen and oxygen atoms in total. The van der Waals surface area contributed by atoms with Crippen LogP contribution < -0.4 is 5.32 Å². The lowest BCUT2D eigenvalue weighted by Crippen LogP contribution is -2.44. The SMILES string of the molecule is CC(=O)O[C@@H](C)C(=O)NCc1cccc(-c2cccc([C@H]3O[C@@H](CN(C)C[C@@H](O)c4cccc(O)c4)[C@@H](C)[C@@H](c4ccc(CO)cc4)O3)c2)c1. The first kappa shape index (κ1) is 36.7. The highest BCUT2D eigenvalue weighted by molar-refractivity contribution is 5.82. The molecule has 6 atom stereocenters. The van der Waals surface area contributed by atoms with E-state index in [2.05, 4.69) is 12.2 Å². The van der Waals surface area contributed by atoms with Crippen LogP contribution in [0.4, 0.5) is 0 Å². The summed E-state index contributed by atoms with van der Waals surface area (Å²) in [6.07, 6.45) is -2.93. The van der Waals surface area contributed by atoms with E-state index in [1.807, 2.05) is 84.7 Å². The molecule has 0 bridgehead atoms. The molecular weight excluding hydrogens is 636 g/mol. The van der Waals surface area contributed by atoms with E-state index in [1.165, 1.54) is 13.8 Å². The second kappa shape index (κ2) is 16.9. The van der Waals surface area contributed by atoms with Crippen molar-refractivity contribution in [2.75, 3.05) is 20.1 Å². The van der Waals surface area contributed by atoms with Gasteiger partial charge in [0.05, 0.1) is 24.9 Å². The van der Waals surface area contributed by atoms with Gasteiger partial charge in [-0.15, -0.1) is 0 Å². The number of ether oxygens (including phenoxy) is 3. The minimum absolute atomic E-state index is 0.0458. The third kappa shape index (κ3) is 9.56. The first-order valence-corrected chi connectivity index (χ1v) is 16.8. The monoisotopic (exact) mass is 682 g/mol. The van der Waals surface area contributed by atoms with Gasteiger partial charge in [-0.1, -0.05) is 79.7 Å². The minimum atomic E-state index is -0.881. The highest BCUT2D eigenvalue weighted by Crippen LogP contribution is 2.42. The maximum absolute atomic E-state index is 12.4. The summed E-state index contributed by atoms with van der Waals surface area (Å²) >= 11 is 0. The predicted octanol–water partition coefficient (Wildman–Crippen LogP) is 5.58. The zero-order chi connectivity index (χ0) is 35.8. The summed E-state index contributed by atoms with van der Waals surface area (Å²) in [5.74, 6) is -0.827. The molecule has 1 aliphatic rings. The molecule has 0 aliphatic carbocycles. The van der Waals surface area contributed by atoms with E-state index in [0.717, 1.165) is 33.4 Å². The van der Waals surface area contributed by atoms with Gasteiger partial charge in [-0.05, 0) is 71.6 Å². The number of hydrogen-bond donors (Lipinski definition) is 4. The summed E-state index contributed by atoms with van der Waals surface area (Å²) in [4.78, 5) is 25.6. The van der Waals surface area contributed by atoms with E-state index in [-0.39, 0.29) is 42.9 Å². The summed E-state index contributed by atoms with van der Waals surface area (Å²) in [7, 11) is 1.94. The molecule has 4 N–H and O–H groups in total. The Morgan fingerprint density at radius 2 is 1.60 bits per heavy atom. The molecule has 1 heterocycles. The van der Waals surface area contributed by atoms with Crippen LogP contribution in [-0.2, 0) is 37.0 Å². The number of carbonyl (C=O) groups excluding carboxylic acids is 2. The molecule has 4 aromatic carbocycles. The number of aromatic hydroxyl groups is 1. The van der Waals surface area contributed by atoms with Crippen LogP contribution in [0.5, 0.6) is 5.75 Å². The quantitative estimate of drug-likeness (QED) is 0.133. The molecular formula is C40H46N2O8. The average molecular weight is 683 g/mol. The maximum atomic E-state index is 12.4. The largest absolute Gasteiger partial charge is 0.508 e. The summed E-state index contributed by atoms with van der Waals surface area (Å²) in [6.45, 7) is 5.99. The van der Waals surface area contributed by atoms with Crippen LogP contribution in [-0.4, -0.2) is 64.4 Å². The lowest BCUT2D eigenvalue weighted by atomic mass is 9.89. The summed E-state index contributed by atoms with van der Waals surface area (Å²) in [5.41, 5.74) is 6.05. The number of benzene rings is 4. The number of nitrogens with one attached hydrogen (secondary N) is 1. The molecule has 5 rings (SSSR count). The van der Waals surface area contributed by atoms with Crippen LogP contribution in [0, 0.1) is 5.92 Å². The average Bonchev–Trinajstić information content (AvgIpc) is 3.11. The van der Waals surface area contributed by atoms with E-state index in [9.17, 15) is 24.9 Å². The number of rotatable bonds is 13. The van der Waals surface area contributed by atoms with Gasteiger partial charge >= 0.3 is 5.97 Å². The fourth-order valence-electron chi connectivity index (χ4n) is 6.20. The van der Waals surface area contributed by atoms with Gasteiger partial charge in [0.15, 0.2) is 12.4 Å². The van der Waals surface area contributed by atoms with Gasteiger partial charge in [-0.25, -0.2) is 0 Å². The Morgan fingerprint density at radius 3 is 2.30 bits per heavy atom. The first-order valence-electron chi connectivity index (χ1n) is 16.8. The Kier molecular flexibility index (Phi) is 12.4. The van der Waals surface area contributed by atoms with Crippen LogP contribution in [0.2, 0.25) is 0 Å². The number of hydrogen-bond acceptors (Lipinski definition) is 9. The molecule has 0 aromatic heterocycles. The second-order valence-corrected chi connectivity index (χ2v) is 12.9. The first-order chi connectivity index (χ1) is 24.0. The van der Waals surface area contributed by atoms with Crippen molar-refractivity contribution < 1.29 is 39.1 Å². The van der Waals surface area contributed by atoms with E-state index >= 15 is 0 Å². The van der Waals surface area contributed by atoms with Crippen molar-refractivity contribution in [2.45, 2.75) is 64.6 Å². The number of likely N-dealkylation sites (N-methyl/N-ethyl adjacent to an activating group) is 1. The van der Waals surface area contributed by atoms with E-state index < -0.39 is 24.5 Å². The molecule has 0 spiro atoms. The van der Waals surface area contributed by atoms with Crippen molar-refractivity contribution in [1.82, 2.24) is 10.2 Å². The van der Waals surface area contributed by atoms with Gasteiger partial charge < -0.3 is 39.7 Å². The van der Waals surface area contributed by atoms with Gasteiger partial charge in [0.1, 0.15) is 5.75 Å². The number of carbonyl (C=O) groups is 2. The molecule has 0 saturated carbocycles. The summed E-state index contributed by atoms with van der Waals surface area (Å²) in [5, 5.41) is 33.2. The van der Waals surface area contributed by atoms with Gasteiger partial charge in [0, 0.05) is 38.0 Å². The van der Waals surface area contributed by atoms with Crippen molar-refractivity contribution in [3.63, 3.8) is 0 Å². The Morgan fingerprint density at radius 1 is 0.900 bits per heavy atom. The molecule has 1 amide bonds. The second-order valence-electron chi connectivity index (χ2n) is 12.9. The van der Waals surface area contributed by atoms with Crippen molar-refractivity contribution in [3.05, 3.63) is 125 Å². The Hall–Kier alpha value is -4.58. The van der Waals surface area contributed by atoms with Crippen LogP contribution in [0.15, 0.2) is 97.1 Å². The number of nitrogens with zero attached hydrogens (tertiary/aromatic N) is 1. The van der Waals surface area contributed by atoms with Gasteiger partial charge in [0.2, 0.25) is 0 Å². The number of aliphatic hydroxyl groups excluding tert-OH is 2. The highest BCUT2D eigenvalue weighted by Gasteiger charge is 2.39. The molecule has 0 unspecified atom stereocenters. The molecule has 1 saturated heterocycles. The van der Waals surface area contributed by atoms with E-state index in [4.69, 9.17) is 14.2 Å². The Balaban J connectivity index is 1.35. The van der Waals surface area contributed by atoms with Crippen LogP contribution in [0.3, 0.4) is 0 Å². The number of amides is 1. The normalized spacial score (nSPS) is 20.2. The predicted molar refractivity (Wildman–Crippen MR) is 188 cm³/mol. The van der Waals surface area contributed by atoms with E-state index in [0.29, 0.717) is 18.7 Å². The number of phenols is 1. The van der Waals surface area contributed by atoms with Gasteiger partial charge in [-0.3, -0.25) is 9.59 Å².